The van der Waals surface area contributed by atoms with Gasteiger partial charge in [-0.05, 0) is 43.9 Å². The van der Waals surface area contributed by atoms with Gasteiger partial charge in [0, 0.05) is 31.2 Å². The zero-order valence-corrected chi connectivity index (χ0v) is 19.5. The molecule has 1 aliphatic heterocycles. The molecule has 0 radical (unpaired) electrons. The molecule has 1 N–H and O–H groups in total. The lowest BCUT2D eigenvalue weighted by atomic mass is 9.95. The Labute approximate surface area is 195 Å². The zero-order chi connectivity index (χ0) is 24.0. The number of rotatable bonds is 4. The molecule has 5 rings (SSSR count). The Balaban J connectivity index is 1.47. The molecule has 9 nitrogen and oxygen atoms in total. The summed E-state index contributed by atoms with van der Waals surface area (Å²) >= 11 is 0. The molecule has 34 heavy (non-hydrogen) atoms. The molecule has 1 fully saturated rings. The van der Waals surface area contributed by atoms with Crippen molar-refractivity contribution in [2.75, 3.05) is 13.1 Å². The van der Waals surface area contributed by atoms with E-state index in [-0.39, 0.29) is 34.3 Å². The number of H-pyrrole nitrogens is 1. The first kappa shape index (κ1) is 22.1. The fourth-order valence-corrected chi connectivity index (χ4v) is 4.62. The standard InChI is InChI=1S/C25H27N5O4/c1-4-30-21-20(22(31)28-25(30)33)16(13-18(26-21)14(2)3)24(32)29-11-9-15(10-12-29)23-27-17-7-5-6-8-19(17)34-23/h5-8,13-15H,4,9-12H2,1-3H3,(H,28,31,33). The molecule has 0 aliphatic carbocycles. The summed E-state index contributed by atoms with van der Waals surface area (Å²) in [6, 6.07) is 9.37. The first-order valence-electron chi connectivity index (χ1n) is 11.7. The van der Waals surface area contributed by atoms with Gasteiger partial charge in [-0.15, -0.1) is 0 Å². The molecule has 1 aromatic carbocycles. The van der Waals surface area contributed by atoms with Crippen LogP contribution >= 0.6 is 0 Å². The van der Waals surface area contributed by atoms with Crippen LogP contribution in [0.3, 0.4) is 0 Å². The highest BCUT2D eigenvalue weighted by molar-refractivity contribution is 6.05. The number of carbonyl (C=O) groups excluding carboxylic acids is 1. The first-order chi connectivity index (χ1) is 16.4. The van der Waals surface area contributed by atoms with Crippen LogP contribution in [0.1, 0.15) is 67.4 Å². The highest BCUT2D eigenvalue weighted by Gasteiger charge is 2.30. The Bertz CT molecular complexity index is 1470. The molecule has 1 aliphatic rings. The second-order valence-electron chi connectivity index (χ2n) is 9.04. The monoisotopic (exact) mass is 461 g/mol. The fraction of sp³-hybridized carbons (Fsp3) is 0.400. The summed E-state index contributed by atoms with van der Waals surface area (Å²) in [5.74, 6) is 0.636. The maximum atomic E-state index is 13.6. The van der Waals surface area contributed by atoms with Gasteiger partial charge >= 0.3 is 5.69 Å². The smallest absolute Gasteiger partial charge is 0.329 e. The van der Waals surface area contributed by atoms with Crippen molar-refractivity contribution in [1.29, 1.82) is 0 Å². The van der Waals surface area contributed by atoms with Crippen molar-refractivity contribution in [2.24, 2.45) is 0 Å². The average molecular weight is 462 g/mol. The summed E-state index contributed by atoms with van der Waals surface area (Å²) in [5.41, 5.74) is 1.71. The minimum Gasteiger partial charge on any atom is -0.440 e. The number of nitrogens with zero attached hydrogens (tertiary/aromatic N) is 4. The van der Waals surface area contributed by atoms with E-state index in [0.717, 1.165) is 11.1 Å². The number of aryl methyl sites for hydroxylation is 1. The molecular weight excluding hydrogens is 434 g/mol. The van der Waals surface area contributed by atoms with Gasteiger partial charge in [-0.25, -0.2) is 14.8 Å². The number of pyridine rings is 1. The molecule has 0 unspecified atom stereocenters. The fourth-order valence-electron chi connectivity index (χ4n) is 4.62. The highest BCUT2D eigenvalue weighted by atomic mass is 16.3. The number of likely N-dealkylation sites (tertiary alicyclic amines) is 1. The second-order valence-corrected chi connectivity index (χ2v) is 9.04. The maximum absolute atomic E-state index is 13.6. The van der Waals surface area contributed by atoms with Gasteiger partial charge in [0.1, 0.15) is 5.52 Å². The van der Waals surface area contributed by atoms with E-state index >= 15 is 0 Å². The molecule has 0 spiro atoms. The van der Waals surface area contributed by atoms with Crippen LogP contribution in [0, 0.1) is 0 Å². The van der Waals surface area contributed by atoms with Crippen molar-refractivity contribution in [2.45, 2.75) is 52.0 Å². The van der Waals surface area contributed by atoms with E-state index < -0.39 is 11.2 Å². The van der Waals surface area contributed by atoms with Crippen molar-refractivity contribution < 1.29 is 9.21 Å². The lowest BCUT2D eigenvalue weighted by molar-refractivity contribution is 0.0708. The number of nitrogens with one attached hydrogen (secondary N) is 1. The Morgan fingerprint density at radius 2 is 1.91 bits per heavy atom. The van der Waals surface area contributed by atoms with E-state index in [4.69, 9.17) is 4.42 Å². The molecule has 176 valence electrons. The van der Waals surface area contributed by atoms with Crippen LogP contribution in [0.5, 0.6) is 0 Å². The number of hydrogen-bond acceptors (Lipinski definition) is 6. The minimum absolute atomic E-state index is 0.0283. The minimum atomic E-state index is -0.586. The van der Waals surface area contributed by atoms with Crippen molar-refractivity contribution in [3.63, 3.8) is 0 Å². The van der Waals surface area contributed by atoms with Crippen molar-refractivity contribution in [1.82, 2.24) is 24.4 Å². The van der Waals surface area contributed by atoms with E-state index in [1.54, 1.807) is 17.9 Å². The summed E-state index contributed by atoms with van der Waals surface area (Å²) in [6.07, 6.45) is 1.43. The number of amides is 1. The van der Waals surface area contributed by atoms with E-state index in [1.165, 1.54) is 4.57 Å². The number of piperidine rings is 1. The normalized spacial score (nSPS) is 15.0. The van der Waals surface area contributed by atoms with Gasteiger partial charge in [0.2, 0.25) is 0 Å². The van der Waals surface area contributed by atoms with Gasteiger partial charge in [0.25, 0.3) is 11.5 Å². The Kier molecular flexibility index (Phi) is 5.55. The molecule has 0 saturated carbocycles. The number of benzene rings is 1. The zero-order valence-electron chi connectivity index (χ0n) is 19.5. The predicted octanol–water partition coefficient (Wildman–Crippen LogP) is 3.39. The van der Waals surface area contributed by atoms with Gasteiger partial charge < -0.3 is 9.32 Å². The largest absolute Gasteiger partial charge is 0.440 e. The molecule has 4 heterocycles. The van der Waals surface area contributed by atoms with Crippen LogP contribution < -0.4 is 11.2 Å². The molecule has 9 heteroatoms. The summed E-state index contributed by atoms with van der Waals surface area (Å²) < 4.78 is 7.34. The number of fused-ring (bicyclic) bond motifs is 2. The third-order valence-corrected chi connectivity index (χ3v) is 6.55. The first-order valence-corrected chi connectivity index (χ1v) is 11.7. The molecule has 0 bridgehead atoms. The van der Waals surface area contributed by atoms with Crippen LogP contribution in [-0.4, -0.2) is 43.4 Å². The summed E-state index contributed by atoms with van der Waals surface area (Å²) in [4.78, 5) is 52.1. The van der Waals surface area contributed by atoms with Gasteiger partial charge in [0.15, 0.2) is 17.1 Å². The topological polar surface area (TPSA) is 114 Å². The average Bonchev–Trinajstić information content (AvgIpc) is 3.27. The summed E-state index contributed by atoms with van der Waals surface area (Å²) in [7, 11) is 0. The van der Waals surface area contributed by atoms with Gasteiger partial charge in [0.05, 0.1) is 10.9 Å². The third-order valence-electron chi connectivity index (χ3n) is 6.55. The Morgan fingerprint density at radius 3 is 2.59 bits per heavy atom. The van der Waals surface area contributed by atoms with Crippen LogP contribution in [0.15, 0.2) is 44.3 Å². The van der Waals surface area contributed by atoms with Crippen LogP contribution in [0.25, 0.3) is 22.1 Å². The molecular formula is C25H27N5O4. The quantitative estimate of drug-likeness (QED) is 0.498. The SMILES string of the molecule is CCn1c(=O)[nH]c(=O)c2c(C(=O)N3CCC(c4nc5ccccc5o4)CC3)cc(C(C)C)nc21. The van der Waals surface area contributed by atoms with Crippen molar-refractivity contribution in [3.8, 4) is 0 Å². The van der Waals surface area contributed by atoms with Crippen molar-refractivity contribution in [3.05, 3.63) is 68.3 Å². The number of hydrogen-bond donors (Lipinski definition) is 1. The Morgan fingerprint density at radius 1 is 1.18 bits per heavy atom. The highest BCUT2D eigenvalue weighted by Crippen LogP contribution is 2.31. The number of aromatic amines is 1. The Hall–Kier alpha value is -3.75. The van der Waals surface area contributed by atoms with Crippen LogP contribution in [-0.2, 0) is 6.54 Å². The van der Waals surface area contributed by atoms with Gasteiger partial charge in [-0.2, -0.15) is 0 Å². The van der Waals surface area contributed by atoms with Crippen LogP contribution in [0.2, 0.25) is 0 Å². The second kappa shape index (κ2) is 8.55. The number of oxazole rings is 1. The lowest BCUT2D eigenvalue weighted by Gasteiger charge is -2.31. The van der Waals surface area contributed by atoms with Crippen molar-refractivity contribution >= 4 is 28.0 Å². The van der Waals surface area contributed by atoms with Gasteiger partial charge in [-0.3, -0.25) is 19.1 Å². The molecule has 3 aromatic heterocycles. The van der Waals surface area contributed by atoms with E-state index in [1.807, 2.05) is 38.1 Å². The summed E-state index contributed by atoms with van der Waals surface area (Å²) in [5, 5.41) is 0.164. The number of carbonyl (C=O) groups is 1. The van der Waals surface area contributed by atoms with E-state index in [9.17, 15) is 14.4 Å². The van der Waals surface area contributed by atoms with E-state index in [0.29, 0.717) is 44.1 Å². The van der Waals surface area contributed by atoms with Gasteiger partial charge in [-0.1, -0.05) is 26.0 Å². The predicted molar refractivity (Wildman–Crippen MR) is 128 cm³/mol. The molecule has 4 aromatic rings. The third kappa shape index (κ3) is 3.70. The molecule has 0 atom stereocenters. The van der Waals surface area contributed by atoms with E-state index in [2.05, 4.69) is 15.0 Å². The maximum Gasteiger partial charge on any atom is 0.329 e. The lowest BCUT2D eigenvalue weighted by Crippen LogP contribution is -2.39. The number of aromatic nitrogens is 4. The molecule has 1 saturated heterocycles. The number of para-hydroxylation sites is 2. The van der Waals surface area contributed by atoms with Crippen LogP contribution in [0.4, 0.5) is 0 Å². The molecule has 1 amide bonds. The summed E-state index contributed by atoms with van der Waals surface area (Å²) in [6.45, 7) is 7.12.